The van der Waals surface area contributed by atoms with Crippen LogP contribution in [0.4, 0.5) is 0 Å². The van der Waals surface area contributed by atoms with Gasteiger partial charge >= 0.3 is 0 Å². The molecule has 0 saturated carbocycles. The van der Waals surface area contributed by atoms with E-state index in [0.29, 0.717) is 46.2 Å². The Bertz CT molecular complexity index is 1510. The number of Topliss-reactive ketones (excluding diaryl/α,β-unsaturated/α-hetero) is 2. The maximum atomic E-state index is 13.3. The van der Waals surface area contributed by atoms with Crippen LogP contribution in [0.1, 0.15) is 88.7 Å². The van der Waals surface area contributed by atoms with Crippen molar-refractivity contribution in [2.45, 2.75) is 25.0 Å². The SMILES string of the molecule is O=C1c2ccccc2C(=O)c2cc3c(cc21)C1OC3C2=C1CC1C(=O)c3ccccc3C(=O)C1C2. The van der Waals surface area contributed by atoms with Crippen LogP contribution in [0.15, 0.2) is 71.8 Å². The van der Waals surface area contributed by atoms with Gasteiger partial charge in [-0.25, -0.2) is 0 Å². The van der Waals surface area contributed by atoms with Crippen LogP contribution in [0.25, 0.3) is 0 Å². The summed E-state index contributed by atoms with van der Waals surface area (Å²) in [5.41, 5.74) is 6.67. The Morgan fingerprint density at radius 1 is 0.543 bits per heavy atom. The van der Waals surface area contributed by atoms with Crippen molar-refractivity contribution in [1.82, 2.24) is 0 Å². The summed E-state index contributed by atoms with van der Waals surface area (Å²) in [6.45, 7) is 0. The van der Waals surface area contributed by atoms with Crippen LogP contribution in [-0.2, 0) is 4.74 Å². The van der Waals surface area contributed by atoms with E-state index in [0.717, 1.165) is 22.3 Å². The lowest BCUT2D eigenvalue weighted by atomic mass is 9.63. The normalized spacial score (nSPS) is 27.2. The summed E-state index contributed by atoms with van der Waals surface area (Å²) in [5, 5.41) is 0. The van der Waals surface area contributed by atoms with Crippen LogP contribution in [0.3, 0.4) is 0 Å². The van der Waals surface area contributed by atoms with E-state index in [4.69, 9.17) is 4.74 Å². The largest absolute Gasteiger partial charge is 0.357 e. The van der Waals surface area contributed by atoms with Gasteiger partial charge in [0.15, 0.2) is 23.1 Å². The van der Waals surface area contributed by atoms with E-state index in [1.165, 1.54) is 0 Å². The zero-order chi connectivity index (χ0) is 23.6. The second kappa shape index (κ2) is 6.37. The molecule has 0 aromatic heterocycles. The van der Waals surface area contributed by atoms with Crippen LogP contribution in [0.5, 0.6) is 0 Å². The number of hydrogen-bond donors (Lipinski definition) is 0. The Labute approximate surface area is 200 Å². The van der Waals surface area contributed by atoms with E-state index in [1.54, 1.807) is 48.5 Å². The summed E-state index contributed by atoms with van der Waals surface area (Å²) in [4.78, 5) is 53.1. The second-order valence-corrected chi connectivity index (χ2v) is 10.1. The molecule has 5 nitrogen and oxygen atoms in total. The molecule has 168 valence electrons. The highest BCUT2D eigenvalue weighted by Crippen LogP contribution is 2.61. The number of ketones is 4. The Morgan fingerprint density at radius 2 is 0.943 bits per heavy atom. The predicted molar refractivity (Wildman–Crippen MR) is 125 cm³/mol. The second-order valence-electron chi connectivity index (χ2n) is 10.1. The Balaban J connectivity index is 1.23. The molecule has 4 unspecified atom stereocenters. The van der Waals surface area contributed by atoms with Crippen LogP contribution in [0, 0.1) is 11.8 Å². The van der Waals surface area contributed by atoms with E-state index >= 15 is 0 Å². The fraction of sp³-hybridized carbons (Fsp3) is 0.200. The molecular weight excluding hydrogens is 440 g/mol. The fourth-order valence-electron chi connectivity index (χ4n) is 6.89. The molecule has 3 aromatic rings. The predicted octanol–water partition coefficient (Wildman–Crippen LogP) is 4.99. The Morgan fingerprint density at radius 3 is 1.37 bits per heavy atom. The molecule has 2 aliphatic heterocycles. The first kappa shape index (κ1) is 19.4. The zero-order valence-electron chi connectivity index (χ0n) is 18.5. The van der Waals surface area contributed by atoms with E-state index in [-0.39, 0.29) is 47.2 Å². The highest BCUT2D eigenvalue weighted by atomic mass is 16.5. The molecule has 2 heterocycles. The van der Waals surface area contributed by atoms with Crippen LogP contribution in [-0.4, -0.2) is 23.1 Å². The third kappa shape index (κ3) is 2.27. The van der Waals surface area contributed by atoms with Gasteiger partial charge in [-0.3, -0.25) is 19.2 Å². The monoisotopic (exact) mass is 458 g/mol. The van der Waals surface area contributed by atoms with Gasteiger partial charge in [-0.1, -0.05) is 48.5 Å². The maximum absolute atomic E-state index is 13.3. The average Bonchev–Trinajstić information content (AvgIpc) is 3.45. The first-order valence-corrected chi connectivity index (χ1v) is 11.9. The van der Waals surface area contributed by atoms with Crippen LogP contribution in [0.2, 0.25) is 0 Å². The van der Waals surface area contributed by atoms with Crippen molar-refractivity contribution in [3.8, 4) is 0 Å². The topological polar surface area (TPSA) is 77.5 Å². The van der Waals surface area contributed by atoms with Gasteiger partial charge < -0.3 is 4.74 Å². The Hall–Kier alpha value is -3.96. The number of fused-ring (bicyclic) bond motifs is 11. The number of carbonyl (C=O) groups is 4. The summed E-state index contributed by atoms with van der Waals surface area (Å²) in [6, 6.07) is 17.7. The van der Waals surface area contributed by atoms with Gasteiger partial charge in [0, 0.05) is 45.2 Å². The number of ether oxygens (including phenoxy) is 1. The minimum absolute atomic E-state index is 0.0302. The van der Waals surface area contributed by atoms with Gasteiger partial charge in [0.2, 0.25) is 0 Å². The van der Waals surface area contributed by atoms with Gasteiger partial charge in [-0.2, -0.15) is 0 Å². The average molecular weight is 458 g/mol. The minimum atomic E-state index is -0.379. The van der Waals surface area contributed by atoms with Crippen molar-refractivity contribution in [2.24, 2.45) is 11.8 Å². The standard InChI is InChI=1S/C30H18O5/c31-25-13-5-1-2-6-14(13)26(32)18-10-22-21(9-17(18)25)29-23-11-19-20(12-24(23)30(22)35-29)28(34)16-8-4-3-7-15(16)27(19)33/h1-10,19-20,29-30H,11-12H2. The van der Waals surface area contributed by atoms with Gasteiger partial charge in [0.25, 0.3) is 0 Å². The highest BCUT2D eigenvalue weighted by Gasteiger charge is 2.53. The number of rotatable bonds is 0. The summed E-state index contributed by atoms with van der Waals surface area (Å²) >= 11 is 0. The summed E-state index contributed by atoms with van der Waals surface area (Å²) in [6.07, 6.45) is 0.311. The maximum Gasteiger partial charge on any atom is 0.194 e. The molecule has 0 N–H and O–H groups in total. The van der Waals surface area contributed by atoms with Gasteiger partial charge in [-0.15, -0.1) is 0 Å². The van der Waals surface area contributed by atoms with E-state index in [2.05, 4.69) is 0 Å². The first-order chi connectivity index (χ1) is 17.0. The molecule has 0 amide bonds. The Kier molecular flexibility index (Phi) is 3.53. The first-order valence-electron chi connectivity index (χ1n) is 11.9. The van der Waals surface area contributed by atoms with Crippen molar-refractivity contribution in [1.29, 1.82) is 0 Å². The van der Waals surface area contributed by atoms with E-state index in [1.807, 2.05) is 12.1 Å². The molecule has 0 spiro atoms. The van der Waals surface area contributed by atoms with Gasteiger partial charge in [-0.05, 0) is 47.2 Å². The molecule has 0 radical (unpaired) electrons. The summed E-state index contributed by atoms with van der Waals surface area (Å²) in [5.74, 6) is -0.998. The summed E-state index contributed by atoms with van der Waals surface area (Å²) < 4.78 is 6.39. The van der Waals surface area contributed by atoms with Crippen LogP contribution < -0.4 is 0 Å². The fourth-order valence-corrected chi connectivity index (χ4v) is 6.89. The molecule has 5 heteroatoms. The third-order valence-electron chi connectivity index (χ3n) is 8.51. The third-order valence-corrected chi connectivity index (χ3v) is 8.51. The van der Waals surface area contributed by atoms with Crippen molar-refractivity contribution < 1.29 is 23.9 Å². The lowest BCUT2D eigenvalue weighted by Crippen LogP contribution is -2.39. The minimum Gasteiger partial charge on any atom is -0.357 e. The molecule has 8 rings (SSSR count). The number of carbonyl (C=O) groups excluding carboxylic acids is 4. The van der Waals surface area contributed by atoms with Crippen molar-refractivity contribution in [3.63, 3.8) is 0 Å². The lowest BCUT2D eigenvalue weighted by molar-refractivity contribution is 0.0719. The van der Waals surface area contributed by atoms with Crippen molar-refractivity contribution >= 4 is 23.1 Å². The molecule has 3 aliphatic carbocycles. The van der Waals surface area contributed by atoms with Crippen molar-refractivity contribution in [3.05, 3.63) is 116 Å². The molecular formula is C30H18O5. The number of benzene rings is 3. The van der Waals surface area contributed by atoms with E-state index < -0.39 is 0 Å². The molecule has 3 aromatic carbocycles. The molecule has 0 saturated heterocycles. The quantitative estimate of drug-likeness (QED) is 0.347. The highest BCUT2D eigenvalue weighted by molar-refractivity contribution is 6.28. The van der Waals surface area contributed by atoms with Gasteiger partial charge in [0.05, 0.1) is 0 Å². The molecule has 0 fully saturated rings. The van der Waals surface area contributed by atoms with Crippen molar-refractivity contribution in [2.75, 3.05) is 0 Å². The molecule has 4 atom stereocenters. The lowest BCUT2D eigenvalue weighted by Gasteiger charge is -2.37. The molecule has 2 bridgehead atoms. The van der Waals surface area contributed by atoms with Gasteiger partial charge in [0.1, 0.15) is 12.2 Å². The molecule has 35 heavy (non-hydrogen) atoms. The number of hydrogen-bond acceptors (Lipinski definition) is 5. The van der Waals surface area contributed by atoms with Crippen LogP contribution >= 0.6 is 0 Å². The summed E-state index contributed by atoms with van der Waals surface area (Å²) in [7, 11) is 0. The van der Waals surface area contributed by atoms with E-state index in [9.17, 15) is 19.2 Å². The smallest absolute Gasteiger partial charge is 0.194 e. The molecule has 5 aliphatic rings. The zero-order valence-corrected chi connectivity index (χ0v) is 18.5.